The molecule has 1 amide bonds. The van der Waals surface area contributed by atoms with Crippen molar-refractivity contribution in [2.75, 3.05) is 13.2 Å². The van der Waals surface area contributed by atoms with Gasteiger partial charge in [0.2, 0.25) is 5.91 Å². The zero-order chi connectivity index (χ0) is 13.5. The first-order valence-electron chi connectivity index (χ1n) is 5.87. The molecule has 1 rings (SSSR count). The van der Waals surface area contributed by atoms with Crippen LogP contribution >= 0.6 is 0 Å². The van der Waals surface area contributed by atoms with Crippen LogP contribution in [0.3, 0.4) is 0 Å². The molecular weight excluding hydrogens is 238 g/mol. The molecule has 2 unspecified atom stereocenters. The number of carboxylic acids is 1. The third-order valence-corrected chi connectivity index (χ3v) is 2.80. The number of aliphatic carboxylic acids is 1. The molecule has 6 nitrogen and oxygen atoms in total. The molecule has 0 aliphatic heterocycles. The molecule has 0 fully saturated rings. The SMILES string of the molecule is CCOC(=O)CNC(=O)C1CC=CCC1C(=O)O. The first-order valence-corrected chi connectivity index (χ1v) is 5.87. The number of carboxylic acid groups (broad SMARTS) is 1. The lowest BCUT2D eigenvalue weighted by Gasteiger charge is -2.23. The van der Waals surface area contributed by atoms with Crippen molar-refractivity contribution in [1.29, 1.82) is 0 Å². The van der Waals surface area contributed by atoms with Crippen molar-refractivity contribution in [3.8, 4) is 0 Å². The van der Waals surface area contributed by atoms with Crippen LogP contribution in [0.25, 0.3) is 0 Å². The number of carbonyl (C=O) groups is 3. The maximum absolute atomic E-state index is 11.8. The van der Waals surface area contributed by atoms with Gasteiger partial charge in [0, 0.05) is 0 Å². The highest BCUT2D eigenvalue weighted by Gasteiger charge is 2.33. The monoisotopic (exact) mass is 255 g/mol. The lowest BCUT2D eigenvalue weighted by molar-refractivity contribution is -0.148. The number of hydrogen-bond donors (Lipinski definition) is 2. The molecular formula is C12H17NO5. The summed E-state index contributed by atoms with van der Waals surface area (Å²) >= 11 is 0. The second-order valence-corrected chi connectivity index (χ2v) is 4.02. The number of allylic oxidation sites excluding steroid dienone is 2. The average molecular weight is 255 g/mol. The van der Waals surface area contributed by atoms with Crippen LogP contribution in [0.2, 0.25) is 0 Å². The summed E-state index contributed by atoms with van der Waals surface area (Å²) in [5.74, 6) is -3.28. The number of rotatable bonds is 5. The number of nitrogens with one attached hydrogen (secondary N) is 1. The van der Waals surface area contributed by atoms with Gasteiger partial charge >= 0.3 is 11.9 Å². The average Bonchev–Trinajstić information content (AvgIpc) is 2.36. The van der Waals surface area contributed by atoms with E-state index in [0.29, 0.717) is 12.8 Å². The Morgan fingerprint density at radius 2 is 1.89 bits per heavy atom. The van der Waals surface area contributed by atoms with Gasteiger partial charge in [0.15, 0.2) is 0 Å². The standard InChI is InChI=1S/C12H17NO5/c1-2-18-10(14)7-13-11(15)8-5-3-4-6-9(8)12(16)17/h3-4,8-9H,2,5-7H2,1H3,(H,13,15)(H,16,17). The minimum atomic E-state index is -0.990. The van der Waals surface area contributed by atoms with Crippen molar-refractivity contribution in [3.63, 3.8) is 0 Å². The number of carbonyl (C=O) groups excluding carboxylic acids is 2. The second-order valence-electron chi connectivity index (χ2n) is 4.02. The molecule has 0 radical (unpaired) electrons. The molecule has 0 spiro atoms. The Labute approximate surface area is 105 Å². The maximum atomic E-state index is 11.8. The second kappa shape index (κ2) is 6.78. The minimum absolute atomic E-state index is 0.223. The fourth-order valence-corrected chi connectivity index (χ4v) is 1.88. The van der Waals surface area contributed by atoms with E-state index >= 15 is 0 Å². The molecule has 0 aromatic heterocycles. The summed E-state index contributed by atoms with van der Waals surface area (Å²) in [5.41, 5.74) is 0. The van der Waals surface area contributed by atoms with Gasteiger partial charge in [-0.05, 0) is 19.8 Å². The molecule has 2 atom stereocenters. The Kier molecular flexibility index (Phi) is 5.35. The van der Waals surface area contributed by atoms with E-state index in [1.807, 2.05) is 0 Å². The highest BCUT2D eigenvalue weighted by atomic mass is 16.5. The molecule has 6 heteroatoms. The number of esters is 1. The predicted molar refractivity (Wildman–Crippen MR) is 62.6 cm³/mol. The van der Waals surface area contributed by atoms with Crippen LogP contribution in [-0.4, -0.2) is 36.1 Å². The van der Waals surface area contributed by atoms with Crippen molar-refractivity contribution >= 4 is 17.8 Å². The number of hydrogen-bond acceptors (Lipinski definition) is 4. The Balaban J connectivity index is 2.51. The summed E-state index contributed by atoms with van der Waals surface area (Å²) in [6.07, 6.45) is 4.26. The van der Waals surface area contributed by atoms with Crippen molar-refractivity contribution in [2.24, 2.45) is 11.8 Å². The Morgan fingerprint density at radius 1 is 1.28 bits per heavy atom. The summed E-state index contributed by atoms with van der Waals surface area (Å²) in [6.45, 7) is 1.70. The van der Waals surface area contributed by atoms with Crippen LogP contribution in [0, 0.1) is 11.8 Å². The Morgan fingerprint density at radius 3 is 2.44 bits per heavy atom. The zero-order valence-corrected chi connectivity index (χ0v) is 10.2. The van der Waals surface area contributed by atoms with E-state index in [-0.39, 0.29) is 13.2 Å². The zero-order valence-electron chi connectivity index (χ0n) is 10.2. The predicted octanol–water partition coefficient (Wildman–Crippen LogP) is 0.333. The van der Waals surface area contributed by atoms with Crippen molar-refractivity contribution in [3.05, 3.63) is 12.2 Å². The minimum Gasteiger partial charge on any atom is -0.481 e. The van der Waals surface area contributed by atoms with Crippen LogP contribution in [0.4, 0.5) is 0 Å². The van der Waals surface area contributed by atoms with Crippen molar-refractivity contribution in [2.45, 2.75) is 19.8 Å². The summed E-state index contributed by atoms with van der Waals surface area (Å²) in [4.78, 5) is 33.9. The van der Waals surface area contributed by atoms with E-state index in [1.165, 1.54) is 0 Å². The van der Waals surface area contributed by atoms with E-state index in [4.69, 9.17) is 5.11 Å². The molecule has 0 aromatic rings. The molecule has 0 heterocycles. The van der Waals surface area contributed by atoms with E-state index in [2.05, 4.69) is 10.1 Å². The third-order valence-electron chi connectivity index (χ3n) is 2.80. The van der Waals surface area contributed by atoms with Crippen LogP contribution in [0.5, 0.6) is 0 Å². The fraction of sp³-hybridized carbons (Fsp3) is 0.583. The summed E-state index contributed by atoms with van der Waals surface area (Å²) < 4.78 is 4.67. The van der Waals surface area contributed by atoms with E-state index in [9.17, 15) is 14.4 Å². The molecule has 0 bridgehead atoms. The number of amides is 1. The first-order chi connectivity index (χ1) is 8.56. The highest BCUT2D eigenvalue weighted by Crippen LogP contribution is 2.25. The third kappa shape index (κ3) is 3.87. The van der Waals surface area contributed by atoms with Gasteiger partial charge < -0.3 is 15.2 Å². The summed E-state index contributed by atoms with van der Waals surface area (Å²) in [6, 6.07) is 0. The van der Waals surface area contributed by atoms with Crippen molar-refractivity contribution in [1.82, 2.24) is 5.32 Å². The molecule has 2 N–H and O–H groups in total. The highest BCUT2D eigenvalue weighted by molar-refractivity contribution is 5.87. The topological polar surface area (TPSA) is 92.7 Å². The van der Waals surface area contributed by atoms with Gasteiger partial charge in [-0.2, -0.15) is 0 Å². The van der Waals surface area contributed by atoms with Gasteiger partial charge in [0.25, 0.3) is 0 Å². The maximum Gasteiger partial charge on any atom is 0.325 e. The Bertz CT molecular complexity index is 363. The fourth-order valence-electron chi connectivity index (χ4n) is 1.88. The first kappa shape index (κ1) is 14.2. The van der Waals surface area contributed by atoms with Crippen molar-refractivity contribution < 1.29 is 24.2 Å². The molecule has 1 aliphatic carbocycles. The van der Waals surface area contributed by atoms with E-state index in [1.54, 1.807) is 19.1 Å². The Hall–Kier alpha value is -1.85. The molecule has 100 valence electrons. The summed E-state index contributed by atoms with van der Waals surface area (Å²) in [7, 11) is 0. The van der Waals surface area contributed by atoms with E-state index in [0.717, 1.165) is 0 Å². The molecule has 1 aliphatic rings. The van der Waals surface area contributed by atoms with Crippen LogP contribution < -0.4 is 5.32 Å². The van der Waals surface area contributed by atoms with Gasteiger partial charge in [-0.3, -0.25) is 14.4 Å². The molecule has 0 aromatic carbocycles. The van der Waals surface area contributed by atoms with Crippen LogP contribution in [0.1, 0.15) is 19.8 Å². The smallest absolute Gasteiger partial charge is 0.325 e. The van der Waals surface area contributed by atoms with Gasteiger partial charge in [0.05, 0.1) is 18.4 Å². The lowest BCUT2D eigenvalue weighted by atomic mass is 9.82. The molecule has 0 saturated carbocycles. The molecule has 0 saturated heterocycles. The van der Waals surface area contributed by atoms with Gasteiger partial charge in [0.1, 0.15) is 6.54 Å². The van der Waals surface area contributed by atoms with Crippen LogP contribution in [-0.2, 0) is 19.1 Å². The van der Waals surface area contributed by atoms with Gasteiger partial charge in [-0.1, -0.05) is 12.2 Å². The normalized spacial score (nSPS) is 22.3. The van der Waals surface area contributed by atoms with Crippen LogP contribution in [0.15, 0.2) is 12.2 Å². The lowest BCUT2D eigenvalue weighted by Crippen LogP contribution is -2.41. The summed E-state index contributed by atoms with van der Waals surface area (Å²) in [5, 5.41) is 11.4. The number of ether oxygens (including phenoxy) is 1. The van der Waals surface area contributed by atoms with Gasteiger partial charge in [-0.25, -0.2) is 0 Å². The largest absolute Gasteiger partial charge is 0.481 e. The van der Waals surface area contributed by atoms with E-state index < -0.39 is 29.7 Å². The van der Waals surface area contributed by atoms with Gasteiger partial charge in [-0.15, -0.1) is 0 Å². The molecule has 18 heavy (non-hydrogen) atoms. The quantitative estimate of drug-likeness (QED) is 0.545.